The number of methoxy groups -OCH3 is 2. The van der Waals surface area contributed by atoms with E-state index in [1.165, 1.54) is 13.3 Å². The third kappa shape index (κ3) is 3.40. The lowest BCUT2D eigenvalue weighted by molar-refractivity contribution is 0.0951. The smallest absolute Gasteiger partial charge is 0.287 e. The molecule has 0 aliphatic heterocycles. The molecule has 3 N–H and O–H groups in total. The molecule has 0 aliphatic rings. The molecule has 0 radical (unpaired) electrons. The van der Waals surface area contributed by atoms with Crippen LogP contribution in [0.4, 0.5) is 0 Å². The molecule has 0 spiro atoms. The van der Waals surface area contributed by atoms with Crippen LogP contribution in [0.15, 0.2) is 47.6 Å². The lowest BCUT2D eigenvalue weighted by Gasteiger charge is -2.04. The van der Waals surface area contributed by atoms with Crippen LogP contribution in [0.2, 0.25) is 0 Å². The number of aromatic amines is 1. The Hall–Kier alpha value is -3.48. The fraction of sp³-hybridized carbons (Fsp3) is 0.111. The zero-order valence-electron chi connectivity index (χ0n) is 13.7. The van der Waals surface area contributed by atoms with E-state index in [9.17, 15) is 9.90 Å². The number of benzene rings is 2. The Morgan fingerprint density at radius 1 is 1.20 bits per heavy atom. The zero-order valence-corrected chi connectivity index (χ0v) is 13.7. The number of carbonyl (C=O) groups is 1. The van der Waals surface area contributed by atoms with E-state index in [1.54, 1.807) is 31.4 Å². The zero-order chi connectivity index (χ0) is 17.8. The molecule has 25 heavy (non-hydrogen) atoms. The second-order valence-electron chi connectivity index (χ2n) is 5.23. The summed E-state index contributed by atoms with van der Waals surface area (Å²) in [6.45, 7) is 0. The number of phenols is 1. The van der Waals surface area contributed by atoms with Gasteiger partial charge in [0.25, 0.3) is 5.91 Å². The summed E-state index contributed by atoms with van der Waals surface area (Å²) in [5.41, 5.74) is 4.01. The van der Waals surface area contributed by atoms with Crippen LogP contribution in [-0.4, -0.2) is 36.4 Å². The monoisotopic (exact) mass is 339 g/mol. The lowest BCUT2D eigenvalue weighted by Crippen LogP contribution is -2.17. The topological polar surface area (TPSA) is 95.9 Å². The Morgan fingerprint density at radius 2 is 2.04 bits per heavy atom. The predicted molar refractivity (Wildman–Crippen MR) is 94.6 cm³/mol. The number of nitrogens with zero attached hydrogens (tertiary/aromatic N) is 1. The number of phenolic OH excluding ortho intramolecular Hbond substituents is 1. The number of carbonyl (C=O) groups excluding carboxylic acids is 1. The first-order chi connectivity index (χ1) is 12.1. The van der Waals surface area contributed by atoms with Crippen LogP contribution in [0.1, 0.15) is 16.1 Å². The summed E-state index contributed by atoms with van der Waals surface area (Å²) in [7, 11) is 3.04. The van der Waals surface area contributed by atoms with E-state index in [0.29, 0.717) is 22.8 Å². The number of aromatic nitrogens is 1. The standard InChI is InChI=1S/C18H17N3O4/c1-24-13-7-6-11-8-15(20-14(11)9-13)18(23)21-19-10-12-4-3-5-16(25-2)17(12)22/h3-10,20,22H,1-2H3,(H,21,23). The Balaban J connectivity index is 1.74. The highest BCUT2D eigenvalue weighted by atomic mass is 16.5. The number of nitrogens with one attached hydrogen (secondary N) is 2. The van der Waals surface area contributed by atoms with Gasteiger partial charge in [0.2, 0.25) is 0 Å². The highest BCUT2D eigenvalue weighted by molar-refractivity contribution is 5.98. The number of amides is 1. The van der Waals surface area contributed by atoms with Crippen molar-refractivity contribution in [2.24, 2.45) is 5.10 Å². The van der Waals surface area contributed by atoms with E-state index < -0.39 is 5.91 Å². The van der Waals surface area contributed by atoms with Crippen LogP contribution in [0.25, 0.3) is 10.9 Å². The largest absolute Gasteiger partial charge is 0.504 e. The normalized spacial score (nSPS) is 11.0. The molecule has 7 nitrogen and oxygen atoms in total. The molecule has 2 aromatic carbocycles. The number of ether oxygens (including phenoxy) is 2. The number of fused-ring (bicyclic) bond motifs is 1. The van der Waals surface area contributed by atoms with Crippen LogP contribution in [0.5, 0.6) is 17.2 Å². The number of H-pyrrole nitrogens is 1. The van der Waals surface area contributed by atoms with Gasteiger partial charge in [-0.05, 0) is 30.3 Å². The first kappa shape index (κ1) is 16.4. The molecule has 128 valence electrons. The summed E-state index contributed by atoms with van der Waals surface area (Å²) < 4.78 is 10.2. The second-order valence-corrected chi connectivity index (χ2v) is 5.23. The van der Waals surface area contributed by atoms with Gasteiger partial charge < -0.3 is 19.6 Å². The van der Waals surface area contributed by atoms with Gasteiger partial charge in [0.05, 0.1) is 20.4 Å². The van der Waals surface area contributed by atoms with E-state index in [1.807, 2.05) is 18.2 Å². The number of hydrazone groups is 1. The number of hydrogen-bond acceptors (Lipinski definition) is 5. The summed E-state index contributed by atoms with van der Waals surface area (Å²) in [4.78, 5) is 15.2. The first-order valence-corrected chi connectivity index (χ1v) is 7.48. The van der Waals surface area contributed by atoms with E-state index in [2.05, 4.69) is 15.5 Å². The van der Waals surface area contributed by atoms with Gasteiger partial charge in [-0.3, -0.25) is 4.79 Å². The summed E-state index contributed by atoms with van der Waals surface area (Å²) in [5.74, 6) is 0.599. The highest BCUT2D eigenvalue weighted by Crippen LogP contribution is 2.28. The molecule has 0 aliphatic carbocycles. The Kier molecular flexibility index (Phi) is 4.56. The minimum absolute atomic E-state index is 0.0410. The fourth-order valence-corrected chi connectivity index (χ4v) is 2.38. The van der Waals surface area contributed by atoms with Crippen molar-refractivity contribution in [3.63, 3.8) is 0 Å². The van der Waals surface area contributed by atoms with Gasteiger partial charge in [0, 0.05) is 22.5 Å². The Bertz CT molecular complexity index is 947. The van der Waals surface area contributed by atoms with Crippen LogP contribution < -0.4 is 14.9 Å². The van der Waals surface area contributed by atoms with E-state index in [-0.39, 0.29) is 5.75 Å². The molecule has 1 aromatic heterocycles. The second kappa shape index (κ2) is 6.96. The predicted octanol–water partition coefficient (Wildman–Crippen LogP) is 2.65. The molecule has 3 aromatic rings. The molecule has 0 bridgehead atoms. The van der Waals surface area contributed by atoms with Crippen molar-refractivity contribution in [1.82, 2.24) is 10.4 Å². The Labute approximate surface area is 143 Å². The average molecular weight is 339 g/mol. The molecule has 1 heterocycles. The molecule has 3 rings (SSSR count). The van der Waals surface area contributed by atoms with Crippen LogP contribution in [0, 0.1) is 0 Å². The maximum absolute atomic E-state index is 12.2. The molecule has 0 saturated carbocycles. The van der Waals surface area contributed by atoms with E-state index in [0.717, 1.165) is 10.9 Å². The SMILES string of the molecule is COc1ccc2cc(C(=O)NN=Cc3cccc(OC)c3O)[nH]c2c1. The van der Waals surface area contributed by atoms with Gasteiger partial charge in [-0.2, -0.15) is 5.10 Å². The van der Waals surface area contributed by atoms with Gasteiger partial charge in [0.1, 0.15) is 11.4 Å². The third-order valence-corrected chi connectivity index (χ3v) is 3.69. The molecular weight excluding hydrogens is 322 g/mol. The minimum Gasteiger partial charge on any atom is -0.504 e. The molecule has 0 unspecified atom stereocenters. The van der Waals surface area contributed by atoms with Gasteiger partial charge >= 0.3 is 0 Å². The molecule has 0 atom stereocenters. The van der Waals surface area contributed by atoms with Gasteiger partial charge in [-0.1, -0.05) is 6.07 Å². The lowest BCUT2D eigenvalue weighted by atomic mass is 10.2. The van der Waals surface area contributed by atoms with Crippen molar-refractivity contribution in [3.05, 3.63) is 53.7 Å². The number of hydrogen-bond donors (Lipinski definition) is 3. The summed E-state index contributed by atoms with van der Waals surface area (Å²) >= 11 is 0. The average Bonchev–Trinajstić information content (AvgIpc) is 3.06. The maximum atomic E-state index is 12.2. The summed E-state index contributed by atoms with van der Waals surface area (Å²) in [6, 6.07) is 12.2. The number of aromatic hydroxyl groups is 1. The molecular formula is C18H17N3O4. The third-order valence-electron chi connectivity index (χ3n) is 3.69. The van der Waals surface area contributed by atoms with Crippen molar-refractivity contribution in [3.8, 4) is 17.2 Å². The van der Waals surface area contributed by atoms with Crippen molar-refractivity contribution in [2.75, 3.05) is 14.2 Å². The fourth-order valence-electron chi connectivity index (χ4n) is 2.38. The van der Waals surface area contributed by atoms with Gasteiger partial charge in [-0.25, -0.2) is 5.43 Å². The van der Waals surface area contributed by atoms with E-state index >= 15 is 0 Å². The highest BCUT2D eigenvalue weighted by Gasteiger charge is 2.10. The first-order valence-electron chi connectivity index (χ1n) is 7.48. The van der Waals surface area contributed by atoms with Crippen LogP contribution >= 0.6 is 0 Å². The van der Waals surface area contributed by atoms with Crippen molar-refractivity contribution >= 4 is 23.0 Å². The minimum atomic E-state index is -0.395. The summed E-state index contributed by atoms with van der Waals surface area (Å²) in [5, 5.41) is 14.7. The molecule has 7 heteroatoms. The molecule has 0 saturated heterocycles. The van der Waals surface area contributed by atoms with Crippen molar-refractivity contribution < 1.29 is 19.4 Å². The van der Waals surface area contributed by atoms with Crippen LogP contribution in [0.3, 0.4) is 0 Å². The summed E-state index contributed by atoms with van der Waals surface area (Å²) in [6.07, 6.45) is 1.35. The number of rotatable bonds is 5. The van der Waals surface area contributed by atoms with Crippen LogP contribution in [-0.2, 0) is 0 Å². The van der Waals surface area contributed by atoms with Gasteiger partial charge in [-0.15, -0.1) is 0 Å². The number of para-hydroxylation sites is 1. The van der Waals surface area contributed by atoms with Crippen molar-refractivity contribution in [2.45, 2.75) is 0 Å². The van der Waals surface area contributed by atoms with E-state index in [4.69, 9.17) is 9.47 Å². The Morgan fingerprint density at radius 3 is 2.80 bits per heavy atom. The molecule has 0 fully saturated rings. The van der Waals surface area contributed by atoms with Crippen molar-refractivity contribution in [1.29, 1.82) is 0 Å². The van der Waals surface area contributed by atoms with Gasteiger partial charge in [0.15, 0.2) is 11.5 Å². The molecule has 1 amide bonds. The quantitative estimate of drug-likeness (QED) is 0.492. The maximum Gasteiger partial charge on any atom is 0.287 e.